The largest absolute Gasteiger partial charge is 0.0622 e. The summed E-state index contributed by atoms with van der Waals surface area (Å²) in [5.41, 5.74) is 7.44. The molecule has 3 heteroatoms. The Bertz CT molecular complexity index is 1250. The Morgan fingerprint density at radius 3 is 1.42 bits per heavy atom. The van der Waals surface area contributed by atoms with Gasteiger partial charge in [0, 0.05) is 0 Å². The van der Waals surface area contributed by atoms with Gasteiger partial charge in [-0.2, -0.15) is 0 Å². The van der Waals surface area contributed by atoms with Gasteiger partial charge in [-0.15, -0.1) is 0 Å². The van der Waals surface area contributed by atoms with E-state index in [1.807, 2.05) is 15.4 Å². The number of hydrogen-bond acceptors (Lipinski definition) is 1. The molecule has 230 valence electrons. The van der Waals surface area contributed by atoms with Gasteiger partial charge in [0.2, 0.25) is 0 Å². The Kier molecular flexibility index (Phi) is 14.0. The van der Waals surface area contributed by atoms with Crippen LogP contribution in [0.3, 0.4) is 0 Å². The van der Waals surface area contributed by atoms with Crippen LogP contribution in [0.2, 0.25) is 4.63 Å². The van der Waals surface area contributed by atoms with E-state index in [0.717, 1.165) is 6.04 Å². The van der Waals surface area contributed by atoms with Crippen LogP contribution in [0.15, 0.2) is 111 Å². The summed E-state index contributed by atoms with van der Waals surface area (Å²) in [4.78, 5) is 0. The minimum absolute atomic E-state index is 0.311. The predicted molar refractivity (Wildman–Crippen MR) is 190 cm³/mol. The van der Waals surface area contributed by atoms with E-state index in [-0.39, 0.29) is 6.65 Å². The van der Waals surface area contributed by atoms with Gasteiger partial charge >= 0.3 is 200 Å². The van der Waals surface area contributed by atoms with Crippen LogP contribution in [0.25, 0.3) is 11.1 Å². The van der Waals surface area contributed by atoms with E-state index in [2.05, 4.69) is 114 Å². The van der Waals surface area contributed by atoms with E-state index in [0.29, 0.717) is 5.92 Å². The van der Waals surface area contributed by atoms with Crippen molar-refractivity contribution in [3.8, 4) is 11.1 Å². The molecule has 1 nitrogen and oxygen atoms in total. The fourth-order valence-corrected chi connectivity index (χ4v) is 32.8. The predicted octanol–water partition coefficient (Wildman–Crippen LogP) is 10.4. The zero-order valence-corrected chi connectivity index (χ0v) is 31.7. The molecule has 43 heavy (non-hydrogen) atoms. The molecule has 0 aliphatic heterocycles. The number of benzene rings is 3. The number of allylic oxidation sites excluding steroid dienone is 4. The van der Waals surface area contributed by atoms with Crippen LogP contribution in [0.4, 0.5) is 0 Å². The fraction of sp³-hybridized carbons (Fsp3) is 0.450. The Labute approximate surface area is 270 Å². The van der Waals surface area contributed by atoms with Crippen LogP contribution in [-0.4, -0.2) is 12.7 Å². The second-order valence-corrected chi connectivity index (χ2v) is 34.1. The number of hydrogen-bond donors (Lipinski definition) is 1. The molecule has 2 unspecified atom stereocenters. The van der Waals surface area contributed by atoms with Crippen molar-refractivity contribution < 1.29 is 19.7 Å². The van der Waals surface area contributed by atoms with Crippen LogP contribution >= 0.6 is 0 Å². The molecule has 0 heterocycles. The molecule has 0 aromatic heterocycles. The summed E-state index contributed by atoms with van der Waals surface area (Å²) < 4.78 is 9.24. The molecule has 0 spiro atoms. The summed E-state index contributed by atoms with van der Waals surface area (Å²) >= 11 is -2.67. The maximum absolute atomic E-state index is 4.56. The minimum atomic E-state index is -2.67. The Morgan fingerprint density at radius 1 is 0.581 bits per heavy atom. The average Bonchev–Trinajstić information content (AvgIpc) is 3.22. The first-order chi connectivity index (χ1) is 20.9. The number of nitrogens with one attached hydrogen (secondary N) is 1. The van der Waals surface area contributed by atoms with Crippen molar-refractivity contribution in [3.63, 3.8) is 0 Å². The fourth-order valence-electron chi connectivity index (χ4n) is 7.50. The van der Waals surface area contributed by atoms with Gasteiger partial charge in [0.1, 0.15) is 0 Å². The normalized spacial score (nSPS) is 20.7. The van der Waals surface area contributed by atoms with E-state index in [4.69, 9.17) is 0 Å². The summed E-state index contributed by atoms with van der Waals surface area (Å²) in [6.45, 7) is 9.40. The molecule has 3 aromatic carbocycles. The van der Waals surface area contributed by atoms with Crippen LogP contribution in [0.1, 0.15) is 98.3 Å². The summed E-state index contributed by atoms with van der Waals surface area (Å²) in [7, 11) is 0. The molecule has 3 aromatic rings. The maximum atomic E-state index is 4.56. The minimum Gasteiger partial charge on any atom is -0.0622 e. The summed E-state index contributed by atoms with van der Waals surface area (Å²) in [6.07, 6.45) is 15.8. The van der Waals surface area contributed by atoms with Crippen molar-refractivity contribution in [2.45, 2.75) is 109 Å². The molecule has 2 aliphatic carbocycles. The zero-order valence-electron chi connectivity index (χ0n) is 27.8. The van der Waals surface area contributed by atoms with Gasteiger partial charge in [-0.05, 0) is 11.1 Å². The third-order valence-electron chi connectivity index (χ3n) is 10.1. The van der Waals surface area contributed by atoms with E-state index >= 15 is 0 Å². The molecule has 0 radical (unpaired) electrons. The third-order valence-corrected chi connectivity index (χ3v) is 30.9. The maximum Gasteiger partial charge on any atom is -0.0184 e. The topological polar surface area (TPSA) is 12.0 Å². The molecular weight excluding hydrogens is 614 g/mol. The molecule has 1 saturated carbocycles. The van der Waals surface area contributed by atoms with Gasteiger partial charge < -0.3 is 0 Å². The quantitative estimate of drug-likeness (QED) is 0.257. The second kappa shape index (κ2) is 17.6. The van der Waals surface area contributed by atoms with E-state index in [9.17, 15) is 0 Å². The van der Waals surface area contributed by atoms with Crippen molar-refractivity contribution in [2.75, 3.05) is 0 Å². The van der Waals surface area contributed by atoms with Crippen molar-refractivity contribution >= 4 is 11.8 Å². The monoisotopic (exact) mass is 669 g/mol. The molecule has 0 amide bonds. The van der Waals surface area contributed by atoms with Crippen molar-refractivity contribution in [1.29, 1.82) is 0 Å². The van der Waals surface area contributed by atoms with E-state index in [1.54, 1.807) is 21.9 Å². The molecule has 2 aliphatic rings. The smallest absolute Gasteiger partial charge is 0.0184 e. The Balaban J connectivity index is 0.000000292. The molecule has 1 N–H and O–H groups in total. The molecular formula is C40H57NSiZr. The van der Waals surface area contributed by atoms with E-state index in [1.165, 1.54) is 81.8 Å². The molecule has 5 rings (SSSR count). The van der Waals surface area contributed by atoms with Crippen LogP contribution < -0.4 is 8.45 Å². The summed E-state index contributed by atoms with van der Waals surface area (Å²) in [6, 6.07) is 33.1. The van der Waals surface area contributed by atoms with Gasteiger partial charge in [0.25, 0.3) is 0 Å². The van der Waals surface area contributed by atoms with Gasteiger partial charge in [-0.25, -0.2) is 0 Å². The Hall–Kier alpha value is -1.80. The standard InChI is InChI=1S/C12H24N.C12H10.C9H13.C6H7Si.CH3.Zr/c13-12-10-8-6-4-2-1-3-5-7-9-11-12;1-3-7-11(8-4-1)12-9-5-2-6-10-12;1-6-5-7(2)9(4)8(6)3;7-6-4-2-1-3-5-6;;/h12-13H,1-11H2;1-10H;6H,1-4H3;1-5H,7H2;1H3;/q-1;;;;;+1. The van der Waals surface area contributed by atoms with Gasteiger partial charge in [0.15, 0.2) is 0 Å². The molecule has 0 saturated heterocycles. The van der Waals surface area contributed by atoms with Crippen molar-refractivity contribution in [3.05, 3.63) is 111 Å². The van der Waals surface area contributed by atoms with Crippen LogP contribution in [0.5, 0.6) is 0 Å². The van der Waals surface area contributed by atoms with Crippen molar-refractivity contribution in [1.82, 2.24) is 3.26 Å². The first-order valence-electron chi connectivity index (χ1n) is 17.2. The SMILES string of the molecule is CC1=C(C)C(C)[C]([Zr]([CH3])([NH]C2CCCCCCCCCCC2)[SiH2]c2ccccc2)=C1C.c1ccc(-c2ccccc2)cc1. The van der Waals surface area contributed by atoms with Crippen LogP contribution in [0, 0.1) is 5.92 Å². The first kappa shape index (κ1) is 34.1. The first-order valence-corrected chi connectivity index (χ1v) is 28.7. The zero-order chi connectivity index (χ0) is 30.5. The number of rotatable bonds is 6. The average molecular weight is 671 g/mol. The molecule has 2 atom stereocenters. The Morgan fingerprint density at radius 2 is 1.00 bits per heavy atom. The molecule has 0 bridgehead atoms. The van der Waals surface area contributed by atoms with Gasteiger partial charge in [0.05, 0.1) is 0 Å². The summed E-state index contributed by atoms with van der Waals surface area (Å²) in [5, 5.41) is 1.68. The third kappa shape index (κ3) is 10.1. The van der Waals surface area contributed by atoms with Crippen LogP contribution in [-0.2, 0) is 19.7 Å². The molecule has 1 fully saturated rings. The van der Waals surface area contributed by atoms with E-state index < -0.39 is 19.7 Å². The second-order valence-electron chi connectivity index (χ2n) is 13.4. The van der Waals surface area contributed by atoms with Gasteiger partial charge in [-0.1, -0.05) is 60.7 Å². The van der Waals surface area contributed by atoms with Crippen molar-refractivity contribution in [2.24, 2.45) is 5.92 Å². The van der Waals surface area contributed by atoms with Gasteiger partial charge in [-0.3, -0.25) is 0 Å². The summed E-state index contributed by atoms with van der Waals surface area (Å²) in [5.74, 6) is 0.663.